The Labute approximate surface area is 368 Å². The molecule has 12 aromatic rings. The first-order chi connectivity index (χ1) is 31.7. The van der Waals surface area contributed by atoms with Gasteiger partial charge in [-0.25, -0.2) is 9.98 Å². The summed E-state index contributed by atoms with van der Waals surface area (Å²) in [4.78, 5) is 10.5. The van der Waals surface area contributed by atoms with Gasteiger partial charge in [0.25, 0.3) is 0 Å². The molecule has 5 nitrogen and oxygen atoms in total. The normalized spacial score (nSPS) is 14.1. The average molecular weight is 819 g/mol. The lowest BCUT2D eigenvalue weighted by atomic mass is 10.0. The minimum absolute atomic E-state index is 0.353. The molecule has 0 saturated heterocycles. The van der Waals surface area contributed by atoms with Crippen LogP contribution in [0.1, 0.15) is 22.9 Å². The van der Waals surface area contributed by atoms with E-state index in [2.05, 4.69) is 228 Å². The van der Waals surface area contributed by atoms with Crippen molar-refractivity contribution in [2.24, 2.45) is 9.98 Å². The van der Waals surface area contributed by atoms with E-state index in [0.29, 0.717) is 5.84 Å². The van der Waals surface area contributed by atoms with Crippen LogP contribution in [0.3, 0.4) is 0 Å². The Hall–Kier alpha value is -8.54. The van der Waals surface area contributed by atoms with Crippen molar-refractivity contribution in [1.29, 1.82) is 0 Å². The minimum Gasteiger partial charge on any atom is -0.456 e. The van der Waals surface area contributed by atoms with Gasteiger partial charge in [0.2, 0.25) is 0 Å². The molecular formula is C59H38N4O. The highest BCUT2D eigenvalue weighted by Gasteiger charge is 2.24. The molecular weight excluding hydrogens is 781 g/mol. The van der Waals surface area contributed by atoms with Crippen molar-refractivity contribution in [1.82, 2.24) is 9.88 Å². The van der Waals surface area contributed by atoms with Crippen LogP contribution in [0.25, 0.3) is 93.2 Å². The van der Waals surface area contributed by atoms with Gasteiger partial charge in [-0.3, -0.25) is 0 Å². The summed E-state index contributed by atoms with van der Waals surface area (Å²) in [7, 11) is 0. The van der Waals surface area contributed by atoms with Gasteiger partial charge in [0, 0.05) is 27.3 Å². The Balaban J connectivity index is 0.990. The highest BCUT2D eigenvalue weighted by molar-refractivity contribution is 6.18. The lowest BCUT2D eigenvalue weighted by molar-refractivity contribution is 0.667. The Morgan fingerprint density at radius 2 is 0.984 bits per heavy atom. The molecule has 1 aliphatic rings. The fourth-order valence-electron chi connectivity index (χ4n) is 9.64. The number of fused-ring (bicyclic) bond motifs is 8. The Bertz CT molecular complexity index is 3780. The van der Waals surface area contributed by atoms with Crippen LogP contribution in [0.5, 0.6) is 0 Å². The number of aliphatic imine (C=N–C) groups is 2. The third kappa shape index (κ3) is 6.01. The van der Waals surface area contributed by atoms with Gasteiger partial charge in [0.15, 0.2) is 5.84 Å². The fraction of sp³-hybridized carbons (Fsp3) is 0.0169. The van der Waals surface area contributed by atoms with Crippen molar-refractivity contribution >= 4 is 77.0 Å². The first-order valence-electron chi connectivity index (χ1n) is 21.7. The van der Waals surface area contributed by atoms with Crippen molar-refractivity contribution in [3.8, 4) is 27.9 Å². The summed E-state index contributed by atoms with van der Waals surface area (Å²) in [5, 5.41) is 12.9. The lowest BCUT2D eigenvalue weighted by Gasteiger charge is -2.24. The predicted molar refractivity (Wildman–Crippen MR) is 266 cm³/mol. The number of benzene rings is 10. The summed E-state index contributed by atoms with van der Waals surface area (Å²) in [5.41, 5.74) is 12.6. The molecule has 0 bridgehead atoms. The molecule has 1 atom stereocenters. The number of hydrogen-bond acceptors (Lipinski definition) is 4. The number of hydrogen-bond donors (Lipinski definition) is 1. The van der Waals surface area contributed by atoms with Crippen LogP contribution in [0.4, 0.5) is 0 Å². The van der Waals surface area contributed by atoms with E-state index in [4.69, 9.17) is 14.4 Å². The molecule has 1 N–H and O–H groups in total. The summed E-state index contributed by atoms with van der Waals surface area (Å²) in [6, 6.07) is 77.7. The molecule has 64 heavy (non-hydrogen) atoms. The Morgan fingerprint density at radius 3 is 1.67 bits per heavy atom. The fourth-order valence-corrected chi connectivity index (χ4v) is 9.64. The highest BCUT2D eigenvalue weighted by atomic mass is 16.3. The van der Waals surface area contributed by atoms with Crippen molar-refractivity contribution in [2.75, 3.05) is 0 Å². The van der Waals surface area contributed by atoms with Crippen LogP contribution in [0.15, 0.2) is 233 Å². The van der Waals surface area contributed by atoms with Gasteiger partial charge in [-0.2, -0.15) is 0 Å². The van der Waals surface area contributed by atoms with Crippen LogP contribution in [0.2, 0.25) is 0 Å². The summed E-state index contributed by atoms with van der Waals surface area (Å²) in [6.07, 6.45) is -0.353. The maximum atomic E-state index is 6.82. The average Bonchev–Trinajstić information content (AvgIpc) is 3.91. The Morgan fingerprint density at radius 1 is 0.406 bits per heavy atom. The van der Waals surface area contributed by atoms with Crippen LogP contribution in [0, 0.1) is 0 Å². The molecule has 3 heterocycles. The first kappa shape index (κ1) is 36.1. The van der Waals surface area contributed by atoms with E-state index >= 15 is 0 Å². The molecule has 0 amide bonds. The highest BCUT2D eigenvalue weighted by Crippen LogP contribution is 2.41. The third-order valence-corrected chi connectivity index (χ3v) is 12.8. The Kier molecular flexibility index (Phi) is 8.21. The van der Waals surface area contributed by atoms with E-state index in [1.807, 2.05) is 0 Å². The van der Waals surface area contributed by atoms with E-state index in [-0.39, 0.29) is 6.17 Å². The molecule has 0 saturated carbocycles. The summed E-state index contributed by atoms with van der Waals surface area (Å²) >= 11 is 0. The second-order valence-corrected chi connectivity index (χ2v) is 16.6. The molecule has 0 aliphatic carbocycles. The standard InChI is InChI=1S/C59H38N4O/c1-3-12-37(13-4-1)43-26-29-48-49-30-27-44(38-14-5-2-6-15-38)35-53(49)63(52(48)34-43)51-20-11-21-54-56(51)50-31-28-47(36-55(50)64-54)59-61-57(45-24-22-39-16-7-9-18-41(39)32-45)60-58(62-59)46-25-23-40-17-8-10-19-42(40)33-46/h1-36,57H,(H,60,61,62). The number of aromatic nitrogens is 1. The van der Waals surface area contributed by atoms with E-state index in [1.54, 1.807) is 0 Å². The molecule has 0 fully saturated rings. The molecule has 300 valence electrons. The van der Waals surface area contributed by atoms with Gasteiger partial charge in [-0.1, -0.05) is 170 Å². The molecule has 1 aliphatic heterocycles. The number of furan rings is 1. The summed E-state index contributed by atoms with van der Waals surface area (Å²) in [6.45, 7) is 0. The molecule has 0 spiro atoms. The minimum atomic E-state index is -0.353. The van der Waals surface area contributed by atoms with Gasteiger partial charge in [-0.15, -0.1) is 0 Å². The largest absolute Gasteiger partial charge is 0.456 e. The van der Waals surface area contributed by atoms with Crippen LogP contribution >= 0.6 is 0 Å². The van der Waals surface area contributed by atoms with Crippen LogP contribution in [-0.2, 0) is 0 Å². The quantitative estimate of drug-likeness (QED) is 0.182. The molecule has 5 heteroatoms. The van der Waals surface area contributed by atoms with Crippen molar-refractivity contribution < 1.29 is 4.42 Å². The molecule has 10 aromatic carbocycles. The number of rotatable bonds is 6. The molecule has 13 rings (SSSR count). The van der Waals surface area contributed by atoms with E-state index in [1.165, 1.54) is 49.2 Å². The van der Waals surface area contributed by atoms with Gasteiger partial charge in [-0.05, 0) is 97.9 Å². The zero-order valence-corrected chi connectivity index (χ0v) is 34.6. The van der Waals surface area contributed by atoms with Gasteiger partial charge in [0.1, 0.15) is 23.2 Å². The maximum Gasteiger partial charge on any atom is 0.159 e. The second-order valence-electron chi connectivity index (χ2n) is 16.6. The van der Waals surface area contributed by atoms with Crippen molar-refractivity contribution in [3.05, 3.63) is 235 Å². The zero-order valence-electron chi connectivity index (χ0n) is 34.6. The zero-order chi connectivity index (χ0) is 42.1. The SMILES string of the molecule is c1ccc(-c2ccc3c4ccc(-c5ccccc5)cc4n(-c4cccc5oc6cc(C7=NC(c8ccc9ccccc9c8)NC(c8ccc9ccccc9c8)=N7)ccc6c45)c3c2)cc1. The maximum absolute atomic E-state index is 6.82. The van der Waals surface area contributed by atoms with Crippen LogP contribution in [-0.4, -0.2) is 16.2 Å². The predicted octanol–water partition coefficient (Wildman–Crippen LogP) is 14.8. The van der Waals surface area contributed by atoms with Gasteiger partial charge < -0.3 is 14.3 Å². The van der Waals surface area contributed by atoms with E-state index in [0.717, 1.165) is 66.6 Å². The van der Waals surface area contributed by atoms with E-state index < -0.39 is 0 Å². The van der Waals surface area contributed by atoms with E-state index in [9.17, 15) is 0 Å². The summed E-state index contributed by atoms with van der Waals surface area (Å²) in [5.74, 6) is 1.42. The molecule has 0 radical (unpaired) electrons. The number of nitrogens with zero attached hydrogens (tertiary/aromatic N) is 3. The van der Waals surface area contributed by atoms with Crippen LogP contribution < -0.4 is 5.32 Å². The third-order valence-electron chi connectivity index (χ3n) is 12.8. The second kappa shape index (κ2) is 14.5. The smallest absolute Gasteiger partial charge is 0.159 e. The van der Waals surface area contributed by atoms with Crippen molar-refractivity contribution in [2.45, 2.75) is 6.17 Å². The monoisotopic (exact) mass is 818 g/mol. The molecule has 2 aromatic heterocycles. The van der Waals surface area contributed by atoms with Gasteiger partial charge >= 0.3 is 0 Å². The first-order valence-corrected chi connectivity index (χ1v) is 21.7. The van der Waals surface area contributed by atoms with Gasteiger partial charge in [0.05, 0.1) is 22.1 Å². The lowest BCUT2D eigenvalue weighted by Crippen LogP contribution is -2.33. The number of amidine groups is 2. The topological polar surface area (TPSA) is 54.8 Å². The van der Waals surface area contributed by atoms with Crippen molar-refractivity contribution in [3.63, 3.8) is 0 Å². The molecule has 1 unspecified atom stereocenters. The summed E-state index contributed by atoms with van der Waals surface area (Å²) < 4.78 is 9.25. The number of nitrogens with one attached hydrogen (secondary N) is 1.